The Labute approximate surface area is 87.4 Å². The number of alkyl halides is 3. The molecule has 1 saturated heterocycles. The van der Waals surface area contributed by atoms with Crippen LogP contribution in [0.5, 0.6) is 0 Å². The Balaban J connectivity index is 2.78. The smallest absolute Gasteiger partial charge is 0.293 e. The van der Waals surface area contributed by atoms with Crippen LogP contribution in [-0.2, 0) is 4.79 Å². The van der Waals surface area contributed by atoms with Gasteiger partial charge in [-0.05, 0) is 31.8 Å². The maximum absolute atomic E-state index is 12.3. The molecule has 1 rings (SSSR count). The molecule has 0 bridgehead atoms. The molecule has 0 aliphatic carbocycles. The summed E-state index contributed by atoms with van der Waals surface area (Å²) in [5.41, 5.74) is 0. The number of ketones is 1. The van der Waals surface area contributed by atoms with E-state index in [9.17, 15) is 18.0 Å². The minimum atomic E-state index is -4.71. The van der Waals surface area contributed by atoms with E-state index in [1.807, 2.05) is 0 Å². The lowest BCUT2D eigenvalue weighted by Crippen LogP contribution is -2.48. The highest BCUT2D eigenvalue weighted by Crippen LogP contribution is 2.26. The summed E-state index contributed by atoms with van der Waals surface area (Å²) in [7, 11) is 0. The molecule has 1 aliphatic rings. The topological polar surface area (TPSA) is 20.3 Å². The van der Waals surface area contributed by atoms with Crippen LogP contribution in [0.15, 0.2) is 0 Å². The van der Waals surface area contributed by atoms with Crippen LogP contribution < -0.4 is 0 Å². The molecule has 5 heteroatoms. The maximum Gasteiger partial charge on any atom is 0.451 e. The number of rotatable bonds is 3. The standard InChI is InChI=1S/C10H16F3NO/c1-7(2)8(9(15)10(11,12)13)14-5-3-4-6-14/h7-8H,3-6H2,1-2H3. The minimum absolute atomic E-state index is 0.294. The average Bonchev–Trinajstić information content (AvgIpc) is 2.54. The SMILES string of the molecule is CC(C)C(C(=O)C(F)(F)F)N1CCCC1. The zero-order valence-corrected chi connectivity index (χ0v) is 8.97. The monoisotopic (exact) mass is 223 g/mol. The molecule has 0 N–H and O–H groups in total. The van der Waals surface area contributed by atoms with Crippen molar-refractivity contribution in [3.63, 3.8) is 0 Å². The van der Waals surface area contributed by atoms with Gasteiger partial charge in [0.1, 0.15) is 0 Å². The van der Waals surface area contributed by atoms with Gasteiger partial charge < -0.3 is 0 Å². The summed E-state index contributed by atoms with van der Waals surface area (Å²) in [5, 5.41) is 0. The van der Waals surface area contributed by atoms with Gasteiger partial charge in [0.25, 0.3) is 5.78 Å². The van der Waals surface area contributed by atoms with Gasteiger partial charge in [0.15, 0.2) is 0 Å². The van der Waals surface area contributed by atoms with Crippen molar-refractivity contribution in [2.75, 3.05) is 13.1 Å². The van der Waals surface area contributed by atoms with E-state index >= 15 is 0 Å². The summed E-state index contributed by atoms with van der Waals surface area (Å²) in [5.74, 6) is -1.89. The average molecular weight is 223 g/mol. The van der Waals surface area contributed by atoms with E-state index in [0.29, 0.717) is 13.1 Å². The number of halogens is 3. The molecule has 0 saturated carbocycles. The number of carbonyl (C=O) groups excluding carboxylic acids is 1. The van der Waals surface area contributed by atoms with Crippen LogP contribution in [-0.4, -0.2) is 36.0 Å². The quantitative estimate of drug-likeness (QED) is 0.731. The first kappa shape index (κ1) is 12.5. The van der Waals surface area contributed by atoms with Crippen molar-refractivity contribution in [2.24, 2.45) is 5.92 Å². The molecule has 1 aliphatic heterocycles. The predicted octanol–water partition coefficient (Wildman–Crippen LogP) is 2.24. The van der Waals surface area contributed by atoms with Crippen molar-refractivity contribution in [2.45, 2.75) is 38.9 Å². The van der Waals surface area contributed by atoms with E-state index in [0.717, 1.165) is 12.8 Å². The van der Waals surface area contributed by atoms with Gasteiger partial charge in [-0.15, -0.1) is 0 Å². The zero-order chi connectivity index (χ0) is 11.6. The van der Waals surface area contributed by atoms with Crippen LogP contribution in [0.3, 0.4) is 0 Å². The van der Waals surface area contributed by atoms with Crippen LogP contribution in [0.1, 0.15) is 26.7 Å². The van der Waals surface area contributed by atoms with Gasteiger partial charge in [-0.1, -0.05) is 13.8 Å². The number of likely N-dealkylation sites (tertiary alicyclic amines) is 1. The summed E-state index contributed by atoms with van der Waals surface area (Å²) in [4.78, 5) is 12.9. The Morgan fingerprint density at radius 3 is 2.00 bits per heavy atom. The highest BCUT2D eigenvalue weighted by molar-refractivity contribution is 5.89. The van der Waals surface area contributed by atoms with E-state index < -0.39 is 18.0 Å². The molecule has 1 fully saturated rings. The Hall–Kier alpha value is -0.580. The second-order valence-electron chi connectivity index (χ2n) is 4.29. The molecular weight excluding hydrogens is 207 g/mol. The maximum atomic E-state index is 12.3. The number of carbonyl (C=O) groups is 1. The van der Waals surface area contributed by atoms with Gasteiger partial charge in [-0.3, -0.25) is 9.69 Å². The molecule has 1 unspecified atom stereocenters. The summed E-state index contributed by atoms with van der Waals surface area (Å²) in [6, 6.07) is -0.993. The molecule has 0 spiro atoms. The Morgan fingerprint density at radius 2 is 1.67 bits per heavy atom. The number of hydrogen-bond acceptors (Lipinski definition) is 2. The minimum Gasteiger partial charge on any atom is -0.293 e. The van der Waals surface area contributed by atoms with E-state index in [2.05, 4.69) is 0 Å². The Morgan fingerprint density at radius 1 is 1.20 bits per heavy atom. The fourth-order valence-electron chi connectivity index (χ4n) is 2.08. The number of Topliss-reactive ketones (excluding diaryl/α,β-unsaturated/α-hetero) is 1. The van der Waals surface area contributed by atoms with Crippen molar-refractivity contribution in [3.05, 3.63) is 0 Å². The fraction of sp³-hybridized carbons (Fsp3) is 0.900. The fourth-order valence-corrected chi connectivity index (χ4v) is 2.08. The molecule has 2 nitrogen and oxygen atoms in total. The molecule has 1 atom stereocenters. The Kier molecular flexibility index (Phi) is 3.76. The number of nitrogens with zero attached hydrogens (tertiary/aromatic N) is 1. The summed E-state index contributed by atoms with van der Waals surface area (Å²) < 4.78 is 37.0. The third kappa shape index (κ3) is 2.93. The lowest BCUT2D eigenvalue weighted by atomic mass is 9.98. The number of hydrogen-bond donors (Lipinski definition) is 0. The molecule has 88 valence electrons. The highest BCUT2D eigenvalue weighted by Gasteiger charge is 2.46. The van der Waals surface area contributed by atoms with Crippen LogP contribution >= 0.6 is 0 Å². The first-order valence-electron chi connectivity index (χ1n) is 5.19. The zero-order valence-electron chi connectivity index (χ0n) is 8.97. The van der Waals surface area contributed by atoms with Crippen molar-refractivity contribution < 1.29 is 18.0 Å². The Bertz CT molecular complexity index is 231. The molecule has 0 radical (unpaired) electrons. The predicted molar refractivity (Wildman–Crippen MR) is 50.5 cm³/mol. The first-order chi connectivity index (χ1) is 6.84. The highest BCUT2D eigenvalue weighted by atomic mass is 19.4. The van der Waals surface area contributed by atoms with Gasteiger partial charge in [0, 0.05) is 0 Å². The van der Waals surface area contributed by atoms with Gasteiger partial charge in [0.05, 0.1) is 6.04 Å². The van der Waals surface area contributed by atoms with Gasteiger partial charge in [-0.2, -0.15) is 13.2 Å². The molecule has 1 heterocycles. The van der Waals surface area contributed by atoms with Crippen molar-refractivity contribution >= 4 is 5.78 Å². The van der Waals surface area contributed by atoms with E-state index in [1.54, 1.807) is 18.7 Å². The molecular formula is C10H16F3NO. The first-order valence-corrected chi connectivity index (χ1v) is 5.19. The van der Waals surface area contributed by atoms with Gasteiger partial charge >= 0.3 is 6.18 Å². The third-order valence-electron chi connectivity index (χ3n) is 2.71. The summed E-state index contributed by atoms with van der Waals surface area (Å²) in [6.07, 6.45) is -2.94. The molecule has 15 heavy (non-hydrogen) atoms. The third-order valence-corrected chi connectivity index (χ3v) is 2.71. The molecule has 0 aromatic rings. The van der Waals surface area contributed by atoms with Crippen LogP contribution in [0, 0.1) is 5.92 Å². The van der Waals surface area contributed by atoms with Crippen molar-refractivity contribution in [3.8, 4) is 0 Å². The van der Waals surface area contributed by atoms with E-state index in [1.165, 1.54) is 0 Å². The lowest BCUT2D eigenvalue weighted by Gasteiger charge is -2.29. The van der Waals surface area contributed by atoms with Gasteiger partial charge in [-0.25, -0.2) is 0 Å². The summed E-state index contributed by atoms with van der Waals surface area (Å²) in [6.45, 7) is 4.52. The molecule has 0 amide bonds. The molecule has 0 aromatic heterocycles. The largest absolute Gasteiger partial charge is 0.451 e. The lowest BCUT2D eigenvalue weighted by molar-refractivity contribution is -0.178. The second kappa shape index (κ2) is 4.51. The van der Waals surface area contributed by atoms with E-state index in [4.69, 9.17) is 0 Å². The second-order valence-corrected chi connectivity index (χ2v) is 4.29. The van der Waals surface area contributed by atoms with E-state index in [-0.39, 0.29) is 5.92 Å². The van der Waals surface area contributed by atoms with Crippen LogP contribution in [0.2, 0.25) is 0 Å². The normalized spacial score (nSPS) is 20.9. The van der Waals surface area contributed by atoms with Crippen LogP contribution in [0.25, 0.3) is 0 Å². The molecule has 0 aromatic carbocycles. The van der Waals surface area contributed by atoms with Crippen LogP contribution in [0.4, 0.5) is 13.2 Å². The van der Waals surface area contributed by atoms with Gasteiger partial charge in [0.2, 0.25) is 0 Å². The van der Waals surface area contributed by atoms with Crippen molar-refractivity contribution in [1.82, 2.24) is 4.90 Å². The van der Waals surface area contributed by atoms with Crippen molar-refractivity contribution in [1.29, 1.82) is 0 Å². The summed E-state index contributed by atoms with van der Waals surface area (Å²) >= 11 is 0.